The van der Waals surface area contributed by atoms with E-state index in [1.54, 1.807) is 28.7 Å². The van der Waals surface area contributed by atoms with E-state index in [1.807, 2.05) is 22.9 Å². The molecule has 0 fully saturated rings. The first kappa shape index (κ1) is 13.6. The second kappa shape index (κ2) is 5.95. The summed E-state index contributed by atoms with van der Waals surface area (Å²) in [5.41, 5.74) is 0.682. The van der Waals surface area contributed by atoms with Gasteiger partial charge in [0.25, 0.3) is 0 Å². The molecule has 0 saturated heterocycles. The average Bonchev–Trinajstić information content (AvgIpc) is 3.08. The lowest BCUT2D eigenvalue weighted by Gasteiger charge is -2.18. The number of thiophene rings is 2. The fourth-order valence-electron chi connectivity index (χ4n) is 2.00. The third-order valence-corrected chi connectivity index (χ3v) is 4.92. The van der Waals surface area contributed by atoms with Crippen LogP contribution in [-0.4, -0.2) is 0 Å². The summed E-state index contributed by atoms with van der Waals surface area (Å²) in [6, 6.07) is 12.7. The molecule has 0 unspecified atom stereocenters. The Kier molecular flexibility index (Phi) is 4.05. The van der Waals surface area contributed by atoms with Crippen LogP contribution in [0.15, 0.2) is 53.2 Å². The summed E-state index contributed by atoms with van der Waals surface area (Å²) >= 11 is 9.26. The molecule has 1 aromatic carbocycles. The van der Waals surface area contributed by atoms with Gasteiger partial charge in [0.15, 0.2) is 0 Å². The normalized spacial score (nSPS) is 10.9. The van der Waals surface area contributed by atoms with Crippen LogP contribution in [0.4, 0.5) is 10.1 Å². The summed E-state index contributed by atoms with van der Waals surface area (Å²) in [6.45, 7) is 0. The Morgan fingerprint density at radius 1 is 1.00 bits per heavy atom. The molecule has 0 aliphatic heterocycles. The Morgan fingerprint density at radius 3 is 2.15 bits per heavy atom. The van der Waals surface area contributed by atoms with Crippen LogP contribution in [0.5, 0.6) is 0 Å². The van der Waals surface area contributed by atoms with E-state index >= 15 is 0 Å². The van der Waals surface area contributed by atoms with E-state index in [-0.39, 0.29) is 11.9 Å². The van der Waals surface area contributed by atoms with Crippen LogP contribution >= 0.6 is 34.3 Å². The Labute approximate surface area is 129 Å². The third kappa shape index (κ3) is 3.03. The molecule has 0 spiro atoms. The Hall–Kier alpha value is -1.36. The highest BCUT2D eigenvalue weighted by molar-refractivity contribution is 7.11. The predicted octanol–water partition coefficient (Wildman–Crippen LogP) is 5.80. The number of hydrogen-bond acceptors (Lipinski definition) is 3. The molecule has 0 bridgehead atoms. The van der Waals surface area contributed by atoms with Crippen LogP contribution in [-0.2, 0) is 0 Å². The van der Waals surface area contributed by atoms with Crippen molar-refractivity contribution in [2.24, 2.45) is 0 Å². The van der Waals surface area contributed by atoms with Gasteiger partial charge in [-0.05, 0) is 41.1 Å². The largest absolute Gasteiger partial charge is 0.373 e. The molecule has 3 aromatic rings. The van der Waals surface area contributed by atoms with E-state index in [1.165, 1.54) is 21.9 Å². The maximum atomic E-state index is 13.4. The van der Waals surface area contributed by atoms with E-state index in [4.69, 9.17) is 11.6 Å². The van der Waals surface area contributed by atoms with Crippen LogP contribution in [0, 0.1) is 5.82 Å². The molecule has 102 valence electrons. The molecule has 20 heavy (non-hydrogen) atoms. The molecule has 0 aliphatic rings. The summed E-state index contributed by atoms with van der Waals surface area (Å²) in [6.07, 6.45) is 0. The standard InChI is InChI=1S/C15H11ClFNS2/c16-10-7-11(17)9-12(8-10)18-15(13-3-1-5-19-13)14-4-2-6-20-14/h1-9,15,18H. The van der Waals surface area contributed by atoms with Crippen molar-refractivity contribution in [2.45, 2.75) is 6.04 Å². The van der Waals surface area contributed by atoms with Gasteiger partial charge in [0.05, 0.1) is 6.04 Å². The Balaban J connectivity index is 1.94. The van der Waals surface area contributed by atoms with E-state index in [2.05, 4.69) is 17.4 Å². The molecule has 0 aliphatic carbocycles. The minimum atomic E-state index is -0.337. The fraction of sp³-hybridized carbons (Fsp3) is 0.0667. The Bertz CT molecular complexity index is 625. The van der Waals surface area contributed by atoms with Crippen LogP contribution in [0.2, 0.25) is 5.02 Å². The highest BCUT2D eigenvalue weighted by Crippen LogP contribution is 2.33. The van der Waals surface area contributed by atoms with E-state index in [0.29, 0.717) is 10.7 Å². The molecule has 2 heterocycles. The smallest absolute Gasteiger partial charge is 0.126 e. The first-order chi connectivity index (χ1) is 9.72. The van der Waals surface area contributed by atoms with Gasteiger partial charge in [-0.15, -0.1) is 22.7 Å². The van der Waals surface area contributed by atoms with Crippen LogP contribution in [0.3, 0.4) is 0 Å². The molecular weight excluding hydrogens is 313 g/mol. The SMILES string of the molecule is Fc1cc(Cl)cc(NC(c2cccs2)c2cccs2)c1. The molecule has 2 aromatic heterocycles. The van der Waals surface area contributed by atoms with E-state index in [0.717, 1.165) is 0 Å². The van der Waals surface area contributed by atoms with Crippen molar-refractivity contribution in [2.75, 3.05) is 5.32 Å². The van der Waals surface area contributed by atoms with Gasteiger partial charge in [-0.3, -0.25) is 0 Å². The molecule has 1 N–H and O–H groups in total. The van der Waals surface area contributed by atoms with Crippen molar-refractivity contribution < 1.29 is 4.39 Å². The predicted molar refractivity (Wildman–Crippen MR) is 85.5 cm³/mol. The topological polar surface area (TPSA) is 12.0 Å². The van der Waals surface area contributed by atoms with Crippen molar-refractivity contribution in [3.8, 4) is 0 Å². The molecule has 0 amide bonds. The molecule has 0 saturated carbocycles. The monoisotopic (exact) mass is 323 g/mol. The van der Waals surface area contributed by atoms with Crippen molar-refractivity contribution >= 4 is 40.0 Å². The van der Waals surface area contributed by atoms with Gasteiger partial charge in [-0.25, -0.2) is 4.39 Å². The lowest BCUT2D eigenvalue weighted by atomic mass is 10.2. The first-order valence-corrected chi connectivity index (χ1v) is 8.15. The minimum Gasteiger partial charge on any atom is -0.373 e. The summed E-state index contributed by atoms with van der Waals surface area (Å²) in [4.78, 5) is 2.38. The van der Waals surface area contributed by atoms with Crippen molar-refractivity contribution in [1.29, 1.82) is 0 Å². The molecule has 1 nitrogen and oxygen atoms in total. The van der Waals surface area contributed by atoms with Gasteiger partial charge < -0.3 is 5.32 Å². The molecular formula is C15H11ClFNS2. The van der Waals surface area contributed by atoms with Gasteiger partial charge in [-0.1, -0.05) is 23.7 Å². The zero-order valence-corrected chi connectivity index (χ0v) is 12.7. The van der Waals surface area contributed by atoms with Gasteiger partial charge in [-0.2, -0.15) is 0 Å². The summed E-state index contributed by atoms with van der Waals surface area (Å²) < 4.78 is 13.4. The number of anilines is 1. The summed E-state index contributed by atoms with van der Waals surface area (Å²) in [5, 5.41) is 7.83. The summed E-state index contributed by atoms with van der Waals surface area (Å²) in [5.74, 6) is -0.337. The van der Waals surface area contributed by atoms with Crippen molar-refractivity contribution in [3.63, 3.8) is 0 Å². The fourth-order valence-corrected chi connectivity index (χ4v) is 3.88. The average molecular weight is 324 g/mol. The quantitative estimate of drug-likeness (QED) is 0.639. The molecule has 0 atom stereocenters. The van der Waals surface area contributed by atoms with Crippen LogP contribution in [0.1, 0.15) is 15.8 Å². The maximum absolute atomic E-state index is 13.4. The van der Waals surface area contributed by atoms with Gasteiger partial charge in [0, 0.05) is 20.5 Å². The summed E-state index contributed by atoms with van der Waals surface area (Å²) in [7, 11) is 0. The maximum Gasteiger partial charge on any atom is 0.126 e. The van der Waals surface area contributed by atoms with E-state index in [9.17, 15) is 4.39 Å². The molecule has 3 rings (SSSR count). The zero-order chi connectivity index (χ0) is 13.9. The van der Waals surface area contributed by atoms with Crippen LogP contribution < -0.4 is 5.32 Å². The number of nitrogens with one attached hydrogen (secondary N) is 1. The number of hydrogen-bond donors (Lipinski definition) is 1. The number of halogens is 2. The second-order valence-electron chi connectivity index (χ2n) is 4.27. The van der Waals surface area contributed by atoms with E-state index < -0.39 is 0 Å². The zero-order valence-electron chi connectivity index (χ0n) is 10.3. The number of benzene rings is 1. The minimum absolute atomic E-state index is 0.0212. The van der Waals surface area contributed by atoms with Crippen LogP contribution in [0.25, 0.3) is 0 Å². The van der Waals surface area contributed by atoms with Crippen molar-refractivity contribution in [1.82, 2.24) is 0 Å². The highest BCUT2D eigenvalue weighted by atomic mass is 35.5. The lowest BCUT2D eigenvalue weighted by Crippen LogP contribution is -2.09. The molecule has 5 heteroatoms. The van der Waals surface area contributed by atoms with Crippen molar-refractivity contribution in [3.05, 3.63) is 73.8 Å². The third-order valence-electron chi connectivity index (χ3n) is 2.83. The molecule has 0 radical (unpaired) electrons. The van der Waals surface area contributed by atoms with Gasteiger partial charge in [0.2, 0.25) is 0 Å². The second-order valence-corrected chi connectivity index (χ2v) is 6.66. The lowest BCUT2D eigenvalue weighted by molar-refractivity contribution is 0.628. The van der Waals surface area contributed by atoms with Gasteiger partial charge in [0.1, 0.15) is 5.82 Å². The first-order valence-electron chi connectivity index (χ1n) is 6.02. The Morgan fingerprint density at radius 2 is 1.65 bits per heavy atom. The number of rotatable bonds is 4. The van der Waals surface area contributed by atoms with Gasteiger partial charge >= 0.3 is 0 Å². The highest BCUT2D eigenvalue weighted by Gasteiger charge is 2.16.